The van der Waals surface area contributed by atoms with Gasteiger partial charge >= 0.3 is 29.6 Å². The van der Waals surface area contributed by atoms with Gasteiger partial charge in [-0.2, -0.15) is 0 Å². The van der Waals surface area contributed by atoms with E-state index in [-0.39, 0.29) is 31.0 Å². The summed E-state index contributed by atoms with van der Waals surface area (Å²) in [5.74, 6) is 0. The molecule has 0 unspecified atom stereocenters. The SMILES string of the molecule is O=C([C@H](O)[C@@H](O)[C@H](O)[C@H](O)CO)S(=O)(=O)C(=O)[C@H](O)[C@@H](O)[C@H](O)[C@H](O)CO.[H-].[Na+]. The summed E-state index contributed by atoms with van der Waals surface area (Å²) in [6.45, 7) is -2.28. The number of hydrogen-bond acceptors (Lipinski definition) is 14. The van der Waals surface area contributed by atoms with Crippen LogP contribution in [0.5, 0.6) is 0 Å². The molecule has 0 bridgehead atoms. The maximum absolute atomic E-state index is 11.8. The van der Waals surface area contributed by atoms with Crippen LogP contribution in [0.2, 0.25) is 0 Å². The van der Waals surface area contributed by atoms with Crippen molar-refractivity contribution in [3.8, 4) is 0 Å². The van der Waals surface area contributed by atoms with E-state index >= 15 is 0 Å². The van der Waals surface area contributed by atoms with Crippen molar-refractivity contribution in [1.82, 2.24) is 0 Å². The van der Waals surface area contributed by atoms with Crippen molar-refractivity contribution in [1.29, 1.82) is 0 Å². The van der Waals surface area contributed by atoms with Crippen LogP contribution in [0.25, 0.3) is 0 Å². The van der Waals surface area contributed by atoms with Crippen LogP contribution in [0.15, 0.2) is 0 Å². The smallest absolute Gasteiger partial charge is 1.00 e. The molecular weight excluding hydrogens is 423 g/mol. The third-order valence-electron chi connectivity index (χ3n) is 3.52. The Kier molecular flexibility index (Phi) is 13.5. The summed E-state index contributed by atoms with van der Waals surface area (Å²) in [4.78, 5) is 23.5. The molecule has 8 atom stereocenters. The molecule has 0 heterocycles. The molecular formula is C12H23NaO14S. The first kappa shape index (κ1) is 30.1. The van der Waals surface area contributed by atoms with E-state index in [1.54, 1.807) is 0 Å². The minimum Gasteiger partial charge on any atom is -1.00 e. The molecule has 0 spiro atoms. The molecule has 0 fully saturated rings. The van der Waals surface area contributed by atoms with E-state index in [0.29, 0.717) is 0 Å². The van der Waals surface area contributed by atoms with E-state index < -0.39 is 82.1 Å². The van der Waals surface area contributed by atoms with Crippen LogP contribution in [-0.2, 0) is 19.4 Å². The maximum Gasteiger partial charge on any atom is 1.00 e. The zero-order valence-electron chi connectivity index (χ0n) is 15.5. The molecule has 14 nitrogen and oxygen atoms in total. The Morgan fingerprint density at radius 1 is 0.643 bits per heavy atom. The van der Waals surface area contributed by atoms with Gasteiger partial charge in [0.1, 0.15) is 36.6 Å². The number of aliphatic hydroxyl groups is 10. The number of carbonyl (C=O) groups excluding carboxylic acids is 2. The monoisotopic (exact) mass is 446 g/mol. The zero-order valence-corrected chi connectivity index (χ0v) is 17.4. The van der Waals surface area contributed by atoms with E-state index in [4.69, 9.17) is 20.4 Å². The van der Waals surface area contributed by atoms with Gasteiger partial charge in [-0.05, 0) is 0 Å². The second-order valence-electron chi connectivity index (χ2n) is 5.49. The topological polar surface area (TPSA) is 271 Å². The second kappa shape index (κ2) is 12.6. The van der Waals surface area contributed by atoms with E-state index in [2.05, 4.69) is 0 Å². The molecule has 0 radical (unpaired) electrons. The normalized spacial score (nSPS) is 20.6. The van der Waals surface area contributed by atoms with Gasteiger partial charge in [0.2, 0.25) is 0 Å². The average molecular weight is 446 g/mol. The first-order chi connectivity index (χ1) is 12.2. The van der Waals surface area contributed by atoms with Crippen LogP contribution in [0, 0.1) is 0 Å². The van der Waals surface area contributed by atoms with Crippen LogP contribution in [0.4, 0.5) is 0 Å². The molecule has 10 N–H and O–H groups in total. The van der Waals surface area contributed by atoms with Crippen LogP contribution in [0.1, 0.15) is 1.43 Å². The van der Waals surface area contributed by atoms with E-state index in [1.807, 2.05) is 0 Å². The molecule has 162 valence electrons. The Morgan fingerprint density at radius 2 is 0.893 bits per heavy atom. The molecule has 28 heavy (non-hydrogen) atoms. The van der Waals surface area contributed by atoms with Gasteiger partial charge < -0.3 is 52.5 Å². The van der Waals surface area contributed by atoms with Gasteiger partial charge in [0.25, 0.3) is 20.1 Å². The van der Waals surface area contributed by atoms with Crippen molar-refractivity contribution in [2.75, 3.05) is 13.2 Å². The first-order valence-electron chi connectivity index (χ1n) is 7.24. The molecule has 0 aliphatic rings. The molecule has 0 saturated heterocycles. The third-order valence-corrected chi connectivity index (χ3v) is 5.06. The van der Waals surface area contributed by atoms with Gasteiger partial charge in [0.05, 0.1) is 13.2 Å². The summed E-state index contributed by atoms with van der Waals surface area (Å²) >= 11 is 0. The van der Waals surface area contributed by atoms with E-state index in [9.17, 15) is 48.6 Å². The third kappa shape index (κ3) is 6.99. The van der Waals surface area contributed by atoms with Crippen molar-refractivity contribution in [3.63, 3.8) is 0 Å². The first-order valence-corrected chi connectivity index (χ1v) is 8.72. The molecule has 0 saturated carbocycles. The second-order valence-corrected chi connectivity index (χ2v) is 7.31. The predicted octanol–water partition coefficient (Wildman–Crippen LogP) is -10.6. The molecule has 0 amide bonds. The van der Waals surface area contributed by atoms with Crippen molar-refractivity contribution in [2.24, 2.45) is 0 Å². The van der Waals surface area contributed by atoms with E-state index in [1.165, 1.54) is 0 Å². The molecule has 0 aliphatic heterocycles. The van der Waals surface area contributed by atoms with Gasteiger partial charge in [-0.1, -0.05) is 0 Å². The largest absolute Gasteiger partial charge is 1.00 e. The summed E-state index contributed by atoms with van der Waals surface area (Å²) in [6.07, 6.45) is -20.3. The van der Waals surface area contributed by atoms with Gasteiger partial charge in [-0.3, -0.25) is 9.59 Å². The number of sulfone groups is 1. The van der Waals surface area contributed by atoms with Crippen molar-refractivity contribution < 1.29 is 100 Å². The molecule has 16 heteroatoms. The quantitative estimate of drug-likeness (QED) is 0.140. The summed E-state index contributed by atoms with van der Waals surface area (Å²) in [6, 6.07) is 0. The summed E-state index contributed by atoms with van der Waals surface area (Å²) in [5.41, 5.74) is 0. The van der Waals surface area contributed by atoms with Crippen molar-refractivity contribution in [3.05, 3.63) is 0 Å². The Morgan fingerprint density at radius 3 is 1.11 bits per heavy atom. The maximum atomic E-state index is 11.8. The van der Waals surface area contributed by atoms with Crippen LogP contribution < -0.4 is 29.6 Å². The number of rotatable bonds is 10. The average Bonchev–Trinajstić information content (AvgIpc) is 2.67. The fourth-order valence-corrected chi connectivity index (χ4v) is 2.85. The molecule has 0 aliphatic carbocycles. The van der Waals surface area contributed by atoms with Gasteiger partial charge in [-0.25, -0.2) is 8.42 Å². The van der Waals surface area contributed by atoms with Gasteiger partial charge in [-0.15, -0.1) is 0 Å². The van der Waals surface area contributed by atoms with Crippen molar-refractivity contribution in [2.45, 2.75) is 48.8 Å². The summed E-state index contributed by atoms with van der Waals surface area (Å²) in [5, 5.41) is 87.1. The van der Waals surface area contributed by atoms with Gasteiger partial charge in [0.15, 0.2) is 12.2 Å². The fourth-order valence-electron chi connectivity index (χ4n) is 1.74. The number of aliphatic hydroxyl groups excluding tert-OH is 10. The standard InChI is InChI=1S/C12H22O14S.Na.H/c13-1-3(15)5(17)7(19)9(21)11(23)27(25,26)12(24)10(22)8(20)6(18)4(16)2-14;;/h3-10,13-22H,1-2H2;;/q;+1;-1/t3-,4-,5-,6-,7+,8+,9-,10-;;/m1../s1. The Balaban J connectivity index is -0.00000338. The molecule has 0 aromatic rings. The Hall–Kier alpha value is -0.110. The Bertz CT molecular complexity index is 572. The van der Waals surface area contributed by atoms with E-state index in [0.717, 1.165) is 0 Å². The van der Waals surface area contributed by atoms with Gasteiger partial charge in [0, 0.05) is 0 Å². The fraction of sp³-hybridized carbons (Fsp3) is 0.833. The van der Waals surface area contributed by atoms with Crippen LogP contribution in [0.3, 0.4) is 0 Å². The minimum atomic E-state index is -5.77. The predicted molar refractivity (Wildman–Crippen MR) is 82.3 cm³/mol. The number of hydrogen-bond donors (Lipinski definition) is 10. The molecule has 0 rings (SSSR count). The van der Waals surface area contributed by atoms with Crippen molar-refractivity contribution >= 4 is 20.1 Å². The molecule has 0 aromatic heterocycles. The number of carbonyl (C=O) groups is 2. The van der Waals surface area contributed by atoms with Crippen LogP contribution >= 0.6 is 0 Å². The molecule has 0 aromatic carbocycles. The zero-order chi connectivity index (χ0) is 21.7. The Labute approximate surface area is 182 Å². The summed E-state index contributed by atoms with van der Waals surface area (Å²) in [7, 11) is -5.77. The summed E-state index contributed by atoms with van der Waals surface area (Å²) < 4.78 is 23.6. The minimum absolute atomic E-state index is 0. The van der Waals surface area contributed by atoms with Crippen LogP contribution in [-0.4, -0.2) is 132 Å².